The predicted octanol–water partition coefficient (Wildman–Crippen LogP) is 3.03. The molecule has 0 spiro atoms. The number of phenolic OH excluding ortho intramolecular Hbond substituents is 1. The molecule has 0 saturated carbocycles. The lowest BCUT2D eigenvalue weighted by molar-refractivity contribution is -0.129. The van der Waals surface area contributed by atoms with Gasteiger partial charge in [-0.2, -0.15) is 0 Å². The van der Waals surface area contributed by atoms with Gasteiger partial charge < -0.3 is 10.4 Å². The summed E-state index contributed by atoms with van der Waals surface area (Å²) in [5.41, 5.74) is 0.770. The Morgan fingerprint density at radius 1 is 1.29 bits per heavy atom. The number of halogens is 1. The number of hydrogen-bond acceptors (Lipinski definition) is 7. The quantitative estimate of drug-likeness (QED) is 0.391. The van der Waals surface area contributed by atoms with Crippen LogP contribution in [0, 0.1) is 0 Å². The molecule has 12 heteroatoms. The maximum atomic E-state index is 12.9. The van der Waals surface area contributed by atoms with Gasteiger partial charge in [-0.15, -0.1) is 0 Å². The molecule has 0 bridgehead atoms. The second-order valence-electron chi connectivity index (χ2n) is 6.49. The highest BCUT2D eigenvalue weighted by Gasteiger charge is 2.38. The zero-order valence-corrected chi connectivity index (χ0v) is 19.9. The van der Waals surface area contributed by atoms with E-state index >= 15 is 0 Å². The van der Waals surface area contributed by atoms with Gasteiger partial charge in [-0.25, -0.2) is 13.6 Å². The van der Waals surface area contributed by atoms with Crippen molar-refractivity contribution in [2.75, 3.05) is 5.32 Å². The number of benzene rings is 2. The van der Waals surface area contributed by atoms with E-state index < -0.39 is 27.9 Å². The molecule has 2 aromatic rings. The van der Waals surface area contributed by atoms with Gasteiger partial charge in [0, 0.05) is 15.7 Å². The molecular weight excluding hydrogens is 526 g/mol. The molecule has 162 valence electrons. The van der Waals surface area contributed by atoms with E-state index in [0.717, 1.165) is 16.2 Å². The van der Waals surface area contributed by atoms with E-state index in [4.69, 9.17) is 17.4 Å². The Morgan fingerprint density at radius 3 is 2.55 bits per heavy atom. The number of carbonyl (C=O) groups excluding carboxylic acids is 2. The molecule has 2 aromatic carbocycles. The van der Waals surface area contributed by atoms with Gasteiger partial charge in [-0.05, 0) is 55.5 Å². The molecule has 1 heterocycles. The summed E-state index contributed by atoms with van der Waals surface area (Å²) in [7, 11) is -3.84. The van der Waals surface area contributed by atoms with Gasteiger partial charge >= 0.3 is 0 Å². The van der Waals surface area contributed by atoms with E-state index in [1.54, 1.807) is 12.1 Å². The van der Waals surface area contributed by atoms with E-state index in [1.807, 2.05) is 0 Å². The van der Waals surface area contributed by atoms with Gasteiger partial charge in [0.15, 0.2) is 0 Å². The summed E-state index contributed by atoms with van der Waals surface area (Å²) in [6.45, 7) is 1.53. The van der Waals surface area contributed by atoms with Crippen molar-refractivity contribution in [1.82, 2.24) is 4.90 Å². The third-order valence-electron chi connectivity index (χ3n) is 4.32. The second-order valence-corrected chi connectivity index (χ2v) is 10.6. The minimum atomic E-state index is -3.84. The largest absolute Gasteiger partial charge is 0.507 e. The molecule has 0 aromatic heterocycles. The maximum Gasteiger partial charge on any atom is 0.266 e. The average molecular weight is 542 g/mol. The predicted molar refractivity (Wildman–Crippen MR) is 127 cm³/mol. The average Bonchev–Trinajstić information content (AvgIpc) is 2.97. The van der Waals surface area contributed by atoms with Crippen LogP contribution in [0.4, 0.5) is 5.69 Å². The molecule has 1 unspecified atom stereocenters. The Kier molecular flexibility index (Phi) is 6.86. The van der Waals surface area contributed by atoms with Gasteiger partial charge in [-0.1, -0.05) is 39.9 Å². The first kappa shape index (κ1) is 23.4. The summed E-state index contributed by atoms with van der Waals surface area (Å²) in [5, 5.41) is 17.7. The number of thioether (sulfide) groups is 1. The van der Waals surface area contributed by atoms with E-state index in [1.165, 1.54) is 48.2 Å². The lowest BCUT2D eigenvalue weighted by Gasteiger charge is -2.22. The lowest BCUT2D eigenvalue weighted by Crippen LogP contribution is -2.44. The van der Waals surface area contributed by atoms with Crippen LogP contribution in [-0.2, 0) is 19.6 Å². The fraction of sp³-hybridized carbons (Fsp3) is 0.105. The van der Waals surface area contributed by atoms with Crippen molar-refractivity contribution in [2.24, 2.45) is 5.14 Å². The number of sulfonamides is 1. The molecule has 4 N–H and O–H groups in total. The van der Waals surface area contributed by atoms with Gasteiger partial charge in [0.2, 0.25) is 15.9 Å². The van der Waals surface area contributed by atoms with E-state index in [0.29, 0.717) is 11.3 Å². The summed E-state index contributed by atoms with van der Waals surface area (Å²) in [5.74, 6) is -0.963. The molecule has 2 amide bonds. The number of nitrogens with one attached hydrogen (secondary N) is 1. The van der Waals surface area contributed by atoms with E-state index in [9.17, 15) is 23.1 Å². The number of rotatable bonds is 5. The van der Waals surface area contributed by atoms with Crippen LogP contribution in [0.3, 0.4) is 0 Å². The molecule has 1 aliphatic heterocycles. The Morgan fingerprint density at radius 2 is 1.94 bits per heavy atom. The Bertz CT molecular complexity index is 1210. The first-order chi connectivity index (χ1) is 14.5. The van der Waals surface area contributed by atoms with Crippen molar-refractivity contribution in [3.8, 4) is 5.75 Å². The number of thiocarbonyl (C=S) groups is 1. The second kappa shape index (κ2) is 9.09. The van der Waals surface area contributed by atoms with Crippen LogP contribution in [0.1, 0.15) is 12.5 Å². The van der Waals surface area contributed by atoms with Crippen LogP contribution in [0.25, 0.3) is 6.08 Å². The summed E-state index contributed by atoms with van der Waals surface area (Å²) in [4.78, 5) is 26.9. The smallest absolute Gasteiger partial charge is 0.266 e. The first-order valence-corrected chi connectivity index (χ1v) is 12.2. The number of aromatic hydroxyl groups is 1. The summed E-state index contributed by atoms with van der Waals surface area (Å²) in [6, 6.07) is 9.21. The molecule has 3 rings (SSSR count). The molecule has 1 fully saturated rings. The number of primary sulfonamides is 1. The Labute approximate surface area is 196 Å². The highest BCUT2D eigenvalue weighted by Crippen LogP contribution is 2.36. The zero-order chi connectivity index (χ0) is 22.9. The topological polar surface area (TPSA) is 130 Å². The highest BCUT2D eigenvalue weighted by atomic mass is 79.9. The van der Waals surface area contributed by atoms with E-state index in [-0.39, 0.29) is 19.9 Å². The minimum Gasteiger partial charge on any atom is -0.507 e. The fourth-order valence-corrected chi connectivity index (χ4v) is 4.99. The minimum absolute atomic E-state index is 0.00204. The van der Waals surface area contributed by atoms with Gasteiger partial charge in [0.1, 0.15) is 16.1 Å². The van der Waals surface area contributed by atoms with Crippen molar-refractivity contribution in [2.45, 2.75) is 17.9 Å². The standard InChI is InChI=1S/C19H16BrN3O5S3/c1-10(17(25)22-13-3-5-14(6-4-13)31(21,27)28)23-18(26)16(30-19(23)29)9-11-8-12(20)2-7-15(11)24/h2-10,24H,1H3,(H,22,25)(H2,21,27,28)/b16-9-. The van der Waals surface area contributed by atoms with Gasteiger partial charge in [-0.3, -0.25) is 14.5 Å². The molecule has 1 atom stereocenters. The molecule has 1 aliphatic rings. The number of carbonyl (C=O) groups is 2. The van der Waals surface area contributed by atoms with Crippen molar-refractivity contribution in [1.29, 1.82) is 0 Å². The van der Waals surface area contributed by atoms with Crippen molar-refractivity contribution in [3.05, 3.63) is 57.4 Å². The van der Waals surface area contributed by atoms with E-state index in [2.05, 4.69) is 21.2 Å². The number of amides is 2. The first-order valence-electron chi connectivity index (χ1n) is 8.66. The zero-order valence-electron chi connectivity index (χ0n) is 15.9. The summed E-state index contributed by atoms with van der Waals surface area (Å²) >= 11 is 9.62. The van der Waals surface area contributed by atoms with Gasteiger partial charge in [0.05, 0.1) is 9.80 Å². The third-order valence-corrected chi connectivity index (χ3v) is 7.07. The number of anilines is 1. The molecule has 0 aliphatic carbocycles. The number of hydrogen-bond donors (Lipinski definition) is 3. The summed E-state index contributed by atoms with van der Waals surface area (Å²) < 4.78 is 23.6. The fourth-order valence-electron chi connectivity index (χ4n) is 2.69. The molecular formula is C19H16BrN3O5S3. The van der Waals surface area contributed by atoms with Crippen molar-refractivity contribution >= 4 is 77.8 Å². The molecule has 1 saturated heterocycles. The van der Waals surface area contributed by atoms with Crippen LogP contribution < -0.4 is 10.5 Å². The van der Waals surface area contributed by atoms with Crippen LogP contribution in [0.15, 0.2) is 56.7 Å². The summed E-state index contributed by atoms with van der Waals surface area (Å²) in [6.07, 6.45) is 1.51. The molecule has 31 heavy (non-hydrogen) atoms. The van der Waals surface area contributed by atoms with Crippen LogP contribution in [0.2, 0.25) is 0 Å². The Hall–Kier alpha value is -2.25. The number of nitrogens with zero attached hydrogens (tertiary/aromatic N) is 1. The SMILES string of the molecule is CC(C(=O)Nc1ccc(S(N)(=O)=O)cc1)N1C(=O)/C(=C/c2cc(Br)ccc2O)SC1=S. The lowest BCUT2D eigenvalue weighted by atomic mass is 10.2. The van der Waals surface area contributed by atoms with Crippen molar-refractivity contribution in [3.63, 3.8) is 0 Å². The van der Waals surface area contributed by atoms with Gasteiger partial charge in [0.25, 0.3) is 5.91 Å². The third kappa shape index (κ3) is 5.33. The van der Waals surface area contributed by atoms with Crippen LogP contribution in [0.5, 0.6) is 5.75 Å². The number of phenols is 1. The van der Waals surface area contributed by atoms with Crippen molar-refractivity contribution < 1.29 is 23.1 Å². The monoisotopic (exact) mass is 541 g/mol. The number of nitrogens with two attached hydrogens (primary N) is 1. The molecule has 8 nitrogen and oxygen atoms in total. The normalized spacial score (nSPS) is 16.6. The Balaban J connectivity index is 1.76. The van der Waals surface area contributed by atoms with Crippen LogP contribution in [-0.4, -0.2) is 40.6 Å². The maximum absolute atomic E-state index is 12.9. The molecule has 0 radical (unpaired) electrons. The highest BCUT2D eigenvalue weighted by molar-refractivity contribution is 9.10. The van der Waals surface area contributed by atoms with Crippen LogP contribution >= 0.6 is 39.9 Å².